The molecule has 1 saturated heterocycles. The van der Waals surface area contributed by atoms with Crippen molar-refractivity contribution in [3.63, 3.8) is 0 Å². The highest BCUT2D eigenvalue weighted by Crippen LogP contribution is 2.29. The summed E-state index contributed by atoms with van der Waals surface area (Å²) in [5.41, 5.74) is 0.926. The number of hydrogen-bond donors (Lipinski definition) is 2. The molecule has 2 N–H and O–H groups in total. The van der Waals surface area contributed by atoms with Crippen LogP contribution < -0.4 is 0 Å². The summed E-state index contributed by atoms with van der Waals surface area (Å²) in [6.07, 6.45) is 0.223. The monoisotopic (exact) mass is 309 g/mol. The van der Waals surface area contributed by atoms with Crippen molar-refractivity contribution in [3.05, 3.63) is 22.5 Å². The van der Waals surface area contributed by atoms with Crippen LogP contribution in [0.4, 0.5) is 0 Å². The van der Waals surface area contributed by atoms with Crippen molar-refractivity contribution in [1.29, 1.82) is 0 Å². The van der Waals surface area contributed by atoms with Crippen LogP contribution in [0.15, 0.2) is 17.6 Å². The first-order valence-corrected chi connectivity index (χ1v) is 7.83. The molecular weight excluding hydrogens is 298 g/mol. The smallest absolute Gasteiger partial charge is 0.264 e. The van der Waals surface area contributed by atoms with E-state index in [1.807, 2.05) is 22.0 Å². The molecule has 0 radical (unpaired) electrons. The van der Waals surface area contributed by atoms with Gasteiger partial charge >= 0.3 is 0 Å². The van der Waals surface area contributed by atoms with Crippen LogP contribution in [0.25, 0.3) is 15.3 Å². The molecule has 3 aromatic heterocycles. The number of fused-ring (bicyclic) bond motifs is 3. The lowest BCUT2D eigenvalue weighted by Crippen LogP contribution is -2.29. The molecule has 0 bridgehead atoms. The van der Waals surface area contributed by atoms with E-state index in [4.69, 9.17) is 0 Å². The molecule has 20 heavy (non-hydrogen) atoms. The Morgan fingerprint density at radius 3 is 2.85 bits per heavy atom. The van der Waals surface area contributed by atoms with Crippen LogP contribution in [0, 0.1) is 0 Å². The fraction of sp³-hybridized carbons (Fsp3) is 0.333. The molecule has 104 valence electrons. The third kappa shape index (κ3) is 1.69. The molecule has 8 heteroatoms. The Bertz CT molecular complexity index is 795. The van der Waals surface area contributed by atoms with E-state index in [2.05, 4.69) is 4.98 Å². The predicted octanol–water partition coefficient (Wildman–Crippen LogP) is 0.788. The van der Waals surface area contributed by atoms with E-state index >= 15 is 0 Å². The lowest BCUT2D eigenvalue weighted by atomic mass is 10.3. The van der Waals surface area contributed by atoms with Crippen molar-refractivity contribution in [1.82, 2.24) is 14.3 Å². The molecule has 0 aromatic carbocycles. The van der Waals surface area contributed by atoms with Crippen molar-refractivity contribution < 1.29 is 15.0 Å². The topological polar surface area (TPSA) is 78.1 Å². The number of β-amino-alcohol motifs (C(OH)–C–C–N with tert-alkyl or cyclic N) is 2. The van der Waals surface area contributed by atoms with E-state index in [1.54, 1.807) is 11.3 Å². The average molecular weight is 309 g/mol. The van der Waals surface area contributed by atoms with Gasteiger partial charge in [0.2, 0.25) is 0 Å². The van der Waals surface area contributed by atoms with Gasteiger partial charge in [-0.15, -0.1) is 22.7 Å². The first kappa shape index (κ1) is 12.3. The largest absolute Gasteiger partial charge is 0.388 e. The van der Waals surface area contributed by atoms with Gasteiger partial charge in [0.1, 0.15) is 4.83 Å². The summed E-state index contributed by atoms with van der Waals surface area (Å²) in [5.74, 6) is -0.160. The van der Waals surface area contributed by atoms with Crippen LogP contribution in [-0.2, 0) is 0 Å². The van der Waals surface area contributed by atoms with Crippen LogP contribution in [0.1, 0.15) is 9.67 Å². The Labute approximate surface area is 121 Å². The molecule has 0 spiro atoms. The number of carbonyl (C=O) groups excluding carboxylic acids is 1. The van der Waals surface area contributed by atoms with Gasteiger partial charge in [0.05, 0.1) is 22.6 Å². The van der Waals surface area contributed by atoms with Crippen LogP contribution in [0.5, 0.6) is 0 Å². The molecule has 2 atom stereocenters. The van der Waals surface area contributed by atoms with E-state index < -0.39 is 12.2 Å². The van der Waals surface area contributed by atoms with E-state index in [1.165, 1.54) is 16.2 Å². The summed E-state index contributed by atoms with van der Waals surface area (Å²) >= 11 is 2.90. The van der Waals surface area contributed by atoms with Crippen LogP contribution in [0.2, 0.25) is 0 Å². The number of thiazole rings is 1. The molecule has 6 nitrogen and oxygen atoms in total. The number of aliphatic hydroxyl groups excluding tert-OH is 2. The molecule has 0 unspecified atom stereocenters. The summed E-state index contributed by atoms with van der Waals surface area (Å²) in [6, 6.07) is 1.83. The van der Waals surface area contributed by atoms with E-state index in [-0.39, 0.29) is 19.0 Å². The summed E-state index contributed by atoms with van der Waals surface area (Å²) in [4.78, 5) is 20.6. The summed E-state index contributed by atoms with van der Waals surface area (Å²) < 4.78 is 1.96. The third-order valence-corrected chi connectivity index (χ3v) is 5.26. The van der Waals surface area contributed by atoms with Crippen molar-refractivity contribution in [2.45, 2.75) is 12.2 Å². The molecule has 1 fully saturated rings. The minimum absolute atomic E-state index is 0.160. The number of aliphatic hydroxyl groups is 2. The zero-order chi connectivity index (χ0) is 13.9. The lowest BCUT2D eigenvalue weighted by Gasteiger charge is -2.13. The van der Waals surface area contributed by atoms with Crippen LogP contribution in [0.3, 0.4) is 0 Å². The first-order valence-electron chi connectivity index (χ1n) is 6.14. The zero-order valence-corrected chi connectivity index (χ0v) is 11.9. The Morgan fingerprint density at radius 1 is 1.35 bits per heavy atom. The van der Waals surface area contributed by atoms with Crippen molar-refractivity contribution in [2.75, 3.05) is 13.1 Å². The average Bonchev–Trinajstić information content (AvgIpc) is 3.11. The van der Waals surface area contributed by atoms with Crippen LogP contribution in [-0.4, -0.2) is 55.7 Å². The maximum absolute atomic E-state index is 12.4. The van der Waals surface area contributed by atoms with Gasteiger partial charge in [0, 0.05) is 24.7 Å². The normalized spacial score (nSPS) is 23.2. The number of carbonyl (C=O) groups is 1. The highest BCUT2D eigenvalue weighted by molar-refractivity contribution is 7.21. The van der Waals surface area contributed by atoms with Crippen molar-refractivity contribution in [2.24, 2.45) is 0 Å². The number of hydrogen-bond acceptors (Lipinski definition) is 6. The number of rotatable bonds is 1. The Balaban J connectivity index is 1.71. The van der Waals surface area contributed by atoms with Gasteiger partial charge in [0.25, 0.3) is 5.91 Å². The summed E-state index contributed by atoms with van der Waals surface area (Å²) in [6.45, 7) is 0.354. The minimum Gasteiger partial charge on any atom is -0.388 e. The number of aromatic nitrogens is 2. The van der Waals surface area contributed by atoms with E-state index in [9.17, 15) is 15.0 Å². The molecule has 1 aliphatic rings. The van der Waals surface area contributed by atoms with Gasteiger partial charge < -0.3 is 15.1 Å². The zero-order valence-electron chi connectivity index (χ0n) is 10.3. The Kier molecular flexibility index (Phi) is 2.61. The molecule has 3 aromatic rings. The fourth-order valence-corrected chi connectivity index (χ4v) is 4.21. The number of thiophene rings is 1. The first-order chi connectivity index (χ1) is 9.63. The second kappa shape index (κ2) is 4.26. The predicted molar refractivity (Wildman–Crippen MR) is 76.4 cm³/mol. The van der Waals surface area contributed by atoms with Gasteiger partial charge in [-0.1, -0.05) is 0 Å². The maximum atomic E-state index is 12.4. The van der Waals surface area contributed by atoms with Gasteiger partial charge in [-0.05, 0) is 6.07 Å². The standard InChI is InChI=1S/C12H11N3O3S2/c16-7-4-14(5-8(7)17)11(18)9-3-6-10(20-9)13-12-15(6)1-2-19-12/h1-3,7-8,16-17H,4-5H2/t7-,8+. The molecule has 0 aliphatic carbocycles. The third-order valence-electron chi connectivity index (χ3n) is 3.50. The maximum Gasteiger partial charge on any atom is 0.264 e. The second-order valence-electron chi connectivity index (χ2n) is 4.81. The number of nitrogens with zero attached hydrogens (tertiary/aromatic N) is 3. The van der Waals surface area contributed by atoms with E-state index in [0.29, 0.717) is 4.88 Å². The quantitative estimate of drug-likeness (QED) is 0.696. The van der Waals surface area contributed by atoms with Crippen molar-refractivity contribution in [3.8, 4) is 0 Å². The van der Waals surface area contributed by atoms with Gasteiger partial charge in [-0.2, -0.15) is 0 Å². The highest BCUT2D eigenvalue weighted by atomic mass is 32.1. The summed E-state index contributed by atoms with van der Waals surface area (Å²) in [7, 11) is 0. The lowest BCUT2D eigenvalue weighted by molar-refractivity contribution is 0.0572. The Hall–Kier alpha value is -1.48. The van der Waals surface area contributed by atoms with Crippen molar-refractivity contribution >= 4 is 43.9 Å². The number of imidazole rings is 1. The molecule has 0 saturated carbocycles. The fourth-order valence-electron chi connectivity index (χ4n) is 2.44. The SMILES string of the molecule is O=C(c1cc2c(nc3sccn32)s1)N1C[C@@H](O)[C@@H](O)C1. The molecular formula is C12H11N3O3S2. The molecule has 1 amide bonds. The molecule has 1 aliphatic heterocycles. The minimum atomic E-state index is -0.853. The number of likely N-dealkylation sites (tertiary alicyclic amines) is 1. The van der Waals surface area contributed by atoms with E-state index in [0.717, 1.165) is 15.3 Å². The van der Waals surface area contributed by atoms with Crippen LogP contribution >= 0.6 is 22.7 Å². The highest BCUT2D eigenvalue weighted by Gasteiger charge is 2.33. The van der Waals surface area contributed by atoms with Gasteiger partial charge in [-0.3, -0.25) is 9.20 Å². The summed E-state index contributed by atoms with van der Waals surface area (Å²) in [5, 5.41) is 21.0. The molecule has 4 rings (SSSR count). The van der Waals surface area contributed by atoms with Gasteiger partial charge in [-0.25, -0.2) is 4.98 Å². The van der Waals surface area contributed by atoms with Gasteiger partial charge in [0.15, 0.2) is 4.96 Å². The number of amides is 1. The Morgan fingerprint density at radius 2 is 2.10 bits per heavy atom. The molecule has 4 heterocycles. The second-order valence-corrected chi connectivity index (χ2v) is 6.72.